The average Bonchev–Trinajstić information content (AvgIpc) is 2.24. The summed E-state index contributed by atoms with van der Waals surface area (Å²) < 4.78 is 0. The van der Waals surface area contributed by atoms with E-state index in [1.54, 1.807) is 0 Å². The van der Waals surface area contributed by atoms with Gasteiger partial charge >= 0.3 is 0 Å². The van der Waals surface area contributed by atoms with E-state index in [1.165, 1.54) is 6.42 Å². The topological polar surface area (TPSA) is 49.4 Å². The molecule has 1 saturated heterocycles. The van der Waals surface area contributed by atoms with E-state index in [-0.39, 0.29) is 17.4 Å². The van der Waals surface area contributed by atoms with Gasteiger partial charge in [-0.3, -0.25) is 9.59 Å². The molecule has 114 valence electrons. The van der Waals surface area contributed by atoms with Gasteiger partial charge in [0, 0.05) is 31.5 Å². The lowest BCUT2D eigenvalue weighted by molar-refractivity contribution is -0.139. The Balaban J connectivity index is 1.71. The van der Waals surface area contributed by atoms with E-state index in [2.05, 4.69) is 26.1 Å². The molecule has 2 fully saturated rings. The number of amides is 2. The monoisotopic (exact) mass is 280 g/mol. The van der Waals surface area contributed by atoms with Gasteiger partial charge in [0.25, 0.3) is 0 Å². The number of hydrogen-bond acceptors (Lipinski definition) is 2. The predicted molar refractivity (Wildman–Crippen MR) is 79.2 cm³/mol. The minimum atomic E-state index is 0.0327. The Morgan fingerprint density at radius 3 is 2.15 bits per heavy atom. The number of carbonyl (C=O) groups is 2. The fourth-order valence-corrected chi connectivity index (χ4v) is 2.92. The molecule has 4 nitrogen and oxygen atoms in total. The SMILES string of the molecule is CC(C)(C)CC(=O)NC1CCN(C(=O)C2CCC2)CC1. The van der Waals surface area contributed by atoms with E-state index in [1.807, 2.05) is 4.90 Å². The fourth-order valence-electron chi connectivity index (χ4n) is 2.92. The molecular weight excluding hydrogens is 252 g/mol. The van der Waals surface area contributed by atoms with Crippen molar-refractivity contribution in [2.24, 2.45) is 11.3 Å². The van der Waals surface area contributed by atoms with Crippen molar-refractivity contribution in [3.8, 4) is 0 Å². The first-order chi connectivity index (χ1) is 9.35. The number of nitrogens with zero attached hydrogens (tertiary/aromatic N) is 1. The summed E-state index contributed by atoms with van der Waals surface area (Å²) in [5, 5.41) is 3.12. The molecule has 0 aromatic rings. The van der Waals surface area contributed by atoms with E-state index < -0.39 is 0 Å². The molecule has 1 heterocycles. The first-order valence-corrected chi connectivity index (χ1v) is 7.93. The van der Waals surface area contributed by atoms with Gasteiger partial charge in [0.05, 0.1) is 0 Å². The number of carbonyl (C=O) groups excluding carboxylic acids is 2. The summed E-state index contributed by atoms with van der Waals surface area (Å²) in [4.78, 5) is 26.0. The largest absolute Gasteiger partial charge is 0.353 e. The molecule has 0 unspecified atom stereocenters. The van der Waals surface area contributed by atoms with Crippen molar-refractivity contribution in [1.82, 2.24) is 10.2 Å². The van der Waals surface area contributed by atoms with E-state index in [0.717, 1.165) is 38.8 Å². The van der Waals surface area contributed by atoms with E-state index in [0.29, 0.717) is 18.2 Å². The Bertz CT molecular complexity index is 361. The standard InChI is InChI=1S/C16H28N2O2/c1-16(2,3)11-14(19)17-13-7-9-18(10-8-13)15(20)12-5-4-6-12/h12-13H,4-11H2,1-3H3,(H,17,19). The molecule has 1 N–H and O–H groups in total. The predicted octanol–water partition coefficient (Wildman–Crippen LogP) is 2.33. The van der Waals surface area contributed by atoms with Gasteiger partial charge in [-0.1, -0.05) is 27.2 Å². The number of nitrogens with one attached hydrogen (secondary N) is 1. The normalized spacial score (nSPS) is 21.4. The van der Waals surface area contributed by atoms with Gasteiger partial charge in [0.1, 0.15) is 0 Å². The lowest BCUT2D eigenvalue weighted by Gasteiger charge is -2.37. The molecule has 0 spiro atoms. The molecule has 0 bridgehead atoms. The van der Waals surface area contributed by atoms with Gasteiger partial charge < -0.3 is 10.2 Å². The maximum Gasteiger partial charge on any atom is 0.225 e. The van der Waals surface area contributed by atoms with Crippen LogP contribution in [0.4, 0.5) is 0 Å². The van der Waals surface area contributed by atoms with Crippen LogP contribution >= 0.6 is 0 Å². The second-order valence-corrected chi connectivity index (χ2v) is 7.53. The zero-order valence-electron chi connectivity index (χ0n) is 13.1. The van der Waals surface area contributed by atoms with Crippen molar-refractivity contribution >= 4 is 11.8 Å². The van der Waals surface area contributed by atoms with Crippen molar-refractivity contribution in [2.75, 3.05) is 13.1 Å². The molecule has 0 aromatic carbocycles. The highest BCUT2D eigenvalue weighted by Crippen LogP contribution is 2.29. The molecule has 2 rings (SSSR count). The Morgan fingerprint density at radius 2 is 1.70 bits per heavy atom. The second-order valence-electron chi connectivity index (χ2n) is 7.53. The molecule has 2 aliphatic rings. The summed E-state index contributed by atoms with van der Waals surface area (Å²) in [6.45, 7) is 7.83. The number of likely N-dealkylation sites (tertiary alicyclic amines) is 1. The van der Waals surface area contributed by atoms with Crippen LogP contribution in [0.2, 0.25) is 0 Å². The first kappa shape index (κ1) is 15.3. The minimum absolute atomic E-state index is 0.0327. The fraction of sp³-hybridized carbons (Fsp3) is 0.875. The highest BCUT2D eigenvalue weighted by Gasteiger charge is 2.32. The van der Waals surface area contributed by atoms with Crippen LogP contribution in [-0.2, 0) is 9.59 Å². The summed E-state index contributed by atoms with van der Waals surface area (Å²) in [5.41, 5.74) is 0.0327. The van der Waals surface area contributed by atoms with Gasteiger partial charge in [-0.25, -0.2) is 0 Å². The van der Waals surface area contributed by atoms with Gasteiger partial charge in [-0.05, 0) is 31.1 Å². The number of piperidine rings is 1. The molecule has 4 heteroatoms. The third-order valence-corrected chi connectivity index (χ3v) is 4.32. The number of rotatable bonds is 3. The zero-order chi connectivity index (χ0) is 14.8. The molecule has 1 aliphatic carbocycles. The quantitative estimate of drug-likeness (QED) is 0.862. The highest BCUT2D eigenvalue weighted by atomic mass is 16.2. The number of hydrogen-bond donors (Lipinski definition) is 1. The Kier molecular flexibility index (Phi) is 4.71. The van der Waals surface area contributed by atoms with Crippen LogP contribution in [-0.4, -0.2) is 35.8 Å². The molecule has 0 atom stereocenters. The van der Waals surface area contributed by atoms with Crippen LogP contribution in [0.5, 0.6) is 0 Å². The van der Waals surface area contributed by atoms with Crippen molar-refractivity contribution in [1.29, 1.82) is 0 Å². The summed E-state index contributed by atoms with van der Waals surface area (Å²) >= 11 is 0. The summed E-state index contributed by atoms with van der Waals surface area (Å²) in [7, 11) is 0. The molecular formula is C16H28N2O2. The van der Waals surface area contributed by atoms with Crippen molar-refractivity contribution in [2.45, 2.75) is 65.3 Å². The smallest absolute Gasteiger partial charge is 0.225 e. The molecule has 0 aromatic heterocycles. The lowest BCUT2D eigenvalue weighted by atomic mass is 9.84. The molecule has 1 aliphatic heterocycles. The van der Waals surface area contributed by atoms with Gasteiger partial charge in [-0.15, -0.1) is 0 Å². The lowest BCUT2D eigenvalue weighted by Crippen LogP contribution is -2.49. The van der Waals surface area contributed by atoms with E-state index in [9.17, 15) is 9.59 Å². The average molecular weight is 280 g/mol. The Morgan fingerprint density at radius 1 is 1.10 bits per heavy atom. The van der Waals surface area contributed by atoms with E-state index in [4.69, 9.17) is 0 Å². The summed E-state index contributed by atoms with van der Waals surface area (Å²) in [5.74, 6) is 0.777. The van der Waals surface area contributed by atoms with Crippen molar-refractivity contribution in [3.63, 3.8) is 0 Å². The van der Waals surface area contributed by atoms with Crippen LogP contribution in [0.25, 0.3) is 0 Å². The Labute approximate surface area is 122 Å². The molecule has 20 heavy (non-hydrogen) atoms. The first-order valence-electron chi connectivity index (χ1n) is 7.93. The third kappa shape index (κ3) is 4.22. The van der Waals surface area contributed by atoms with Crippen molar-refractivity contribution < 1.29 is 9.59 Å². The van der Waals surface area contributed by atoms with Crippen molar-refractivity contribution in [3.05, 3.63) is 0 Å². The maximum absolute atomic E-state index is 12.1. The van der Waals surface area contributed by atoms with E-state index >= 15 is 0 Å². The van der Waals surface area contributed by atoms with Crippen LogP contribution < -0.4 is 5.32 Å². The summed E-state index contributed by atoms with van der Waals surface area (Å²) in [6, 6.07) is 0.246. The molecule has 1 saturated carbocycles. The van der Waals surface area contributed by atoms with Crippen LogP contribution in [0, 0.1) is 11.3 Å². The van der Waals surface area contributed by atoms with Crippen LogP contribution in [0.3, 0.4) is 0 Å². The van der Waals surface area contributed by atoms with Crippen LogP contribution in [0.15, 0.2) is 0 Å². The summed E-state index contributed by atoms with van der Waals surface area (Å²) in [6.07, 6.45) is 5.70. The molecule has 0 radical (unpaired) electrons. The Hall–Kier alpha value is -1.06. The highest BCUT2D eigenvalue weighted by molar-refractivity contribution is 5.80. The second kappa shape index (κ2) is 6.15. The van der Waals surface area contributed by atoms with Gasteiger partial charge in [0.15, 0.2) is 0 Å². The van der Waals surface area contributed by atoms with Gasteiger partial charge in [0.2, 0.25) is 11.8 Å². The minimum Gasteiger partial charge on any atom is -0.353 e. The zero-order valence-corrected chi connectivity index (χ0v) is 13.1. The van der Waals surface area contributed by atoms with Crippen LogP contribution in [0.1, 0.15) is 59.3 Å². The maximum atomic E-state index is 12.1. The molecule has 2 amide bonds. The van der Waals surface area contributed by atoms with Gasteiger partial charge in [-0.2, -0.15) is 0 Å². The third-order valence-electron chi connectivity index (χ3n) is 4.32.